The van der Waals surface area contributed by atoms with Crippen molar-refractivity contribution in [2.75, 3.05) is 22.8 Å². The van der Waals surface area contributed by atoms with Gasteiger partial charge >= 0.3 is 0 Å². The lowest BCUT2D eigenvalue weighted by Gasteiger charge is -2.18. The minimum Gasteiger partial charge on any atom is -0.354 e. The van der Waals surface area contributed by atoms with Gasteiger partial charge in [-0.1, -0.05) is 36.4 Å². The van der Waals surface area contributed by atoms with Gasteiger partial charge in [0.25, 0.3) is 0 Å². The molecule has 5 heteroatoms. The number of hydrogen-bond acceptors (Lipinski definition) is 4. The molecule has 0 saturated heterocycles. The second kappa shape index (κ2) is 7.20. The summed E-state index contributed by atoms with van der Waals surface area (Å²) >= 11 is 5.76. The normalized spacial score (nSPS) is 11.0. The predicted molar refractivity (Wildman–Crippen MR) is 111 cm³/mol. The Morgan fingerprint density at radius 2 is 1.42 bits per heavy atom. The number of nitrogens with two attached hydrogens (primary N) is 1. The Hall–Kier alpha value is -2.82. The summed E-state index contributed by atoms with van der Waals surface area (Å²) in [6.45, 7) is 0.605. The maximum absolute atomic E-state index is 5.98. The number of alkyl halides is 1. The van der Waals surface area contributed by atoms with E-state index in [0.29, 0.717) is 12.4 Å². The number of nitrogens with one attached hydrogen (secondary N) is 1. The molecule has 4 nitrogen and oxygen atoms in total. The number of fused-ring (bicyclic) bond motifs is 2. The Morgan fingerprint density at radius 3 is 2.00 bits per heavy atom. The summed E-state index contributed by atoms with van der Waals surface area (Å²) in [4.78, 5) is 4.76. The van der Waals surface area contributed by atoms with Crippen LogP contribution in [0.3, 0.4) is 0 Å². The summed E-state index contributed by atoms with van der Waals surface area (Å²) in [6.07, 6.45) is 0. The van der Waals surface area contributed by atoms with Crippen molar-refractivity contribution < 1.29 is 0 Å². The average molecular weight is 363 g/mol. The first kappa shape index (κ1) is 16.6. The van der Waals surface area contributed by atoms with Gasteiger partial charge in [0.15, 0.2) is 0 Å². The zero-order valence-electron chi connectivity index (χ0n) is 14.2. The zero-order valence-corrected chi connectivity index (χ0v) is 14.9. The van der Waals surface area contributed by atoms with Crippen LogP contribution in [0.1, 0.15) is 0 Å². The molecule has 4 aromatic rings. The van der Waals surface area contributed by atoms with Crippen molar-refractivity contribution in [2.45, 2.75) is 0 Å². The molecule has 3 aromatic carbocycles. The van der Waals surface area contributed by atoms with Gasteiger partial charge in [-0.2, -0.15) is 0 Å². The first-order valence-corrected chi connectivity index (χ1v) is 9.02. The number of aromatic nitrogens is 1. The number of hydrogen-bond donors (Lipinski definition) is 2. The fraction of sp³-hybridized carbons (Fsp3) is 0.0952. The van der Waals surface area contributed by atoms with E-state index in [1.54, 1.807) is 5.01 Å². The largest absolute Gasteiger partial charge is 0.354 e. The number of benzene rings is 3. The molecular formula is C21H19ClN4. The van der Waals surface area contributed by atoms with Gasteiger partial charge in [0.1, 0.15) is 0 Å². The highest BCUT2D eigenvalue weighted by Crippen LogP contribution is 2.33. The smallest absolute Gasteiger partial charge is 0.0730 e. The summed E-state index contributed by atoms with van der Waals surface area (Å²) in [6, 6.07) is 24.4. The van der Waals surface area contributed by atoms with E-state index < -0.39 is 0 Å². The molecule has 1 heterocycles. The molecule has 0 radical (unpaired) electrons. The maximum atomic E-state index is 5.98. The molecule has 0 amide bonds. The van der Waals surface area contributed by atoms with Gasteiger partial charge in [0.05, 0.1) is 22.4 Å². The lowest BCUT2D eigenvalue weighted by molar-refractivity contribution is 0.897. The van der Waals surface area contributed by atoms with E-state index in [1.807, 2.05) is 60.7 Å². The molecule has 1 aromatic heterocycles. The minimum absolute atomic E-state index is 0.492. The van der Waals surface area contributed by atoms with Gasteiger partial charge in [-0.15, -0.1) is 11.6 Å². The van der Waals surface area contributed by atoms with Gasteiger partial charge in [0.2, 0.25) is 0 Å². The molecule has 26 heavy (non-hydrogen) atoms. The number of anilines is 3. The van der Waals surface area contributed by atoms with Crippen LogP contribution in [0.5, 0.6) is 0 Å². The van der Waals surface area contributed by atoms with Crippen LogP contribution in [0.15, 0.2) is 72.8 Å². The van der Waals surface area contributed by atoms with Crippen molar-refractivity contribution in [1.29, 1.82) is 0 Å². The molecule has 0 aliphatic heterocycles. The quantitative estimate of drug-likeness (QED) is 0.226. The summed E-state index contributed by atoms with van der Waals surface area (Å²) in [5.41, 5.74) is 4.93. The van der Waals surface area contributed by atoms with Crippen molar-refractivity contribution in [2.24, 2.45) is 5.84 Å². The van der Waals surface area contributed by atoms with Crippen LogP contribution in [0.2, 0.25) is 0 Å². The average Bonchev–Trinajstić information content (AvgIpc) is 2.68. The minimum atomic E-state index is 0.492. The molecule has 0 aliphatic rings. The van der Waals surface area contributed by atoms with Crippen molar-refractivity contribution in [3.63, 3.8) is 0 Å². The number of hydrazine groups is 1. The van der Waals surface area contributed by atoms with Crippen LogP contribution in [-0.4, -0.2) is 17.4 Å². The van der Waals surface area contributed by atoms with E-state index in [9.17, 15) is 0 Å². The first-order chi connectivity index (χ1) is 12.8. The molecule has 0 atom stereocenters. The van der Waals surface area contributed by atoms with Gasteiger partial charge in [0, 0.05) is 28.9 Å². The molecular weight excluding hydrogens is 344 g/mol. The molecule has 0 bridgehead atoms. The second-order valence-corrected chi connectivity index (χ2v) is 6.45. The fourth-order valence-electron chi connectivity index (χ4n) is 3.08. The number of para-hydroxylation sites is 2. The topological polar surface area (TPSA) is 54.2 Å². The van der Waals surface area contributed by atoms with E-state index in [4.69, 9.17) is 22.4 Å². The van der Waals surface area contributed by atoms with Crippen molar-refractivity contribution >= 4 is 50.5 Å². The zero-order chi connectivity index (χ0) is 17.9. The second-order valence-electron chi connectivity index (χ2n) is 6.08. The van der Waals surface area contributed by atoms with Crippen LogP contribution in [0, 0.1) is 0 Å². The highest BCUT2D eigenvalue weighted by atomic mass is 35.5. The Bertz CT molecular complexity index is 993. The molecule has 130 valence electrons. The third-order valence-corrected chi connectivity index (χ3v) is 4.55. The lowest BCUT2D eigenvalue weighted by atomic mass is 10.1. The van der Waals surface area contributed by atoms with Gasteiger partial charge in [-0.05, 0) is 36.4 Å². The van der Waals surface area contributed by atoms with Gasteiger partial charge in [-0.3, -0.25) is 0 Å². The van der Waals surface area contributed by atoms with Crippen LogP contribution in [0.4, 0.5) is 17.1 Å². The summed E-state index contributed by atoms with van der Waals surface area (Å²) in [5.74, 6) is 6.47. The third kappa shape index (κ3) is 3.17. The van der Waals surface area contributed by atoms with E-state index >= 15 is 0 Å². The van der Waals surface area contributed by atoms with Crippen molar-refractivity contribution in [3.05, 3.63) is 72.8 Å². The fourth-order valence-corrected chi connectivity index (χ4v) is 3.26. The summed E-state index contributed by atoms with van der Waals surface area (Å²) in [5, 5.41) is 7.40. The van der Waals surface area contributed by atoms with E-state index in [-0.39, 0.29) is 0 Å². The molecule has 0 saturated carbocycles. The highest BCUT2D eigenvalue weighted by molar-refractivity contribution is 6.18. The standard InChI is InChI=1S/C21H19ClN4/c22-13-14-26(23)16-11-9-15(10-12-16)24-21-17-5-1-3-7-19(17)25-20-8-4-2-6-18(20)21/h1-12H,13-14,23H2,(H,24,25). The molecule has 4 rings (SSSR count). The highest BCUT2D eigenvalue weighted by Gasteiger charge is 2.09. The Kier molecular flexibility index (Phi) is 4.61. The number of pyridine rings is 1. The van der Waals surface area contributed by atoms with E-state index in [0.717, 1.165) is 38.9 Å². The molecule has 0 fully saturated rings. The summed E-state index contributed by atoms with van der Waals surface area (Å²) < 4.78 is 0. The van der Waals surface area contributed by atoms with Crippen LogP contribution >= 0.6 is 11.6 Å². The number of rotatable bonds is 5. The molecule has 0 spiro atoms. The van der Waals surface area contributed by atoms with Crippen LogP contribution in [-0.2, 0) is 0 Å². The summed E-state index contributed by atoms with van der Waals surface area (Å²) in [7, 11) is 0. The molecule has 3 N–H and O–H groups in total. The molecule has 0 aliphatic carbocycles. The molecule has 0 unspecified atom stereocenters. The van der Waals surface area contributed by atoms with Crippen LogP contribution < -0.4 is 16.2 Å². The Labute approximate surface area is 157 Å². The van der Waals surface area contributed by atoms with E-state index in [1.165, 1.54) is 0 Å². The maximum Gasteiger partial charge on any atom is 0.0730 e. The van der Waals surface area contributed by atoms with Gasteiger partial charge in [-0.25, -0.2) is 10.8 Å². The Balaban J connectivity index is 1.76. The SMILES string of the molecule is NN(CCCl)c1ccc(Nc2c3ccccc3nc3ccccc23)cc1. The number of halogens is 1. The Morgan fingerprint density at radius 1 is 0.846 bits per heavy atom. The predicted octanol–water partition coefficient (Wildman–Crippen LogP) is 5.05. The van der Waals surface area contributed by atoms with E-state index in [2.05, 4.69) is 17.4 Å². The lowest BCUT2D eigenvalue weighted by Crippen LogP contribution is -2.32. The van der Waals surface area contributed by atoms with Gasteiger partial charge < -0.3 is 10.3 Å². The van der Waals surface area contributed by atoms with Crippen LogP contribution in [0.25, 0.3) is 21.8 Å². The van der Waals surface area contributed by atoms with Crippen molar-refractivity contribution in [1.82, 2.24) is 4.98 Å². The monoisotopic (exact) mass is 362 g/mol. The van der Waals surface area contributed by atoms with Crippen molar-refractivity contribution in [3.8, 4) is 0 Å². The number of nitrogens with zero attached hydrogens (tertiary/aromatic N) is 2. The third-order valence-electron chi connectivity index (χ3n) is 4.38. The first-order valence-electron chi connectivity index (χ1n) is 8.49.